The molecule has 0 aliphatic heterocycles. The minimum atomic E-state index is 0.778. The zero-order valence-electron chi connectivity index (χ0n) is 11.4. The summed E-state index contributed by atoms with van der Waals surface area (Å²) >= 11 is 0. The van der Waals surface area contributed by atoms with E-state index in [0.717, 1.165) is 31.9 Å². The number of hydrogen-bond acceptors (Lipinski definition) is 3. The number of nitrogens with zero attached hydrogens (tertiary/aromatic N) is 1. The van der Waals surface area contributed by atoms with E-state index < -0.39 is 0 Å². The summed E-state index contributed by atoms with van der Waals surface area (Å²) < 4.78 is 5.90. The number of benzene rings is 1. The molecule has 1 rings (SSSR count). The van der Waals surface area contributed by atoms with Gasteiger partial charge in [-0.1, -0.05) is 18.2 Å². The third-order valence-corrected chi connectivity index (χ3v) is 2.66. The van der Waals surface area contributed by atoms with Gasteiger partial charge in [0.25, 0.3) is 0 Å². The lowest BCUT2D eigenvalue weighted by molar-refractivity contribution is 0.277. The fraction of sp³-hybridized carbons (Fsp3) is 0.571. The number of rotatable bonds is 7. The van der Waals surface area contributed by atoms with Gasteiger partial charge >= 0.3 is 0 Å². The SMILES string of the molecule is CNCc1cccc(C)c1OCCCN(C)C. The summed E-state index contributed by atoms with van der Waals surface area (Å²) in [6, 6.07) is 6.29. The molecule has 96 valence electrons. The molecule has 0 atom stereocenters. The molecule has 0 bridgehead atoms. The first-order valence-electron chi connectivity index (χ1n) is 6.15. The zero-order valence-corrected chi connectivity index (χ0v) is 11.4. The van der Waals surface area contributed by atoms with E-state index in [-0.39, 0.29) is 0 Å². The summed E-state index contributed by atoms with van der Waals surface area (Å²) in [6.07, 6.45) is 1.06. The molecule has 1 N–H and O–H groups in total. The molecule has 1 aromatic rings. The Kier molecular flexibility index (Phi) is 6.01. The molecule has 0 unspecified atom stereocenters. The van der Waals surface area contributed by atoms with Crippen LogP contribution in [0.25, 0.3) is 0 Å². The molecular formula is C14H24N2O. The Morgan fingerprint density at radius 1 is 1.29 bits per heavy atom. The standard InChI is InChI=1S/C14H24N2O/c1-12-7-5-8-13(11-15-2)14(12)17-10-6-9-16(3)4/h5,7-8,15H,6,9-11H2,1-4H3. The fourth-order valence-electron chi connectivity index (χ4n) is 1.80. The van der Waals surface area contributed by atoms with Gasteiger partial charge in [-0.3, -0.25) is 0 Å². The van der Waals surface area contributed by atoms with Crippen molar-refractivity contribution in [2.24, 2.45) is 0 Å². The van der Waals surface area contributed by atoms with Crippen LogP contribution in [0.4, 0.5) is 0 Å². The van der Waals surface area contributed by atoms with Crippen molar-refractivity contribution in [3.8, 4) is 5.75 Å². The maximum atomic E-state index is 5.90. The highest BCUT2D eigenvalue weighted by Crippen LogP contribution is 2.23. The van der Waals surface area contributed by atoms with Crippen LogP contribution in [0.15, 0.2) is 18.2 Å². The Morgan fingerprint density at radius 2 is 2.06 bits per heavy atom. The molecule has 0 saturated heterocycles. The van der Waals surface area contributed by atoms with E-state index in [1.807, 2.05) is 7.05 Å². The molecule has 0 amide bonds. The minimum Gasteiger partial charge on any atom is -0.493 e. The van der Waals surface area contributed by atoms with E-state index in [1.165, 1.54) is 11.1 Å². The van der Waals surface area contributed by atoms with E-state index in [1.54, 1.807) is 0 Å². The molecule has 0 fully saturated rings. The average molecular weight is 236 g/mol. The second-order valence-electron chi connectivity index (χ2n) is 4.60. The predicted octanol–water partition coefficient (Wildman–Crippen LogP) is 2.04. The molecule has 3 heteroatoms. The monoisotopic (exact) mass is 236 g/mol. The lowest BCUT2D eigenvalue weighted by Crippen LogP contribution is -2.16. The Bertz CT molecular complexity index is 337. The van der Waals surface area contributed by atoms with Crippen molar-refractivity contribution in [2.75, 3.05) is 34.3 Å². The summed E-state index contributed by atoms with van der Waals surface area (Å²) in [7, 11) is 6.12. The predicted molar refractivity (Wildman–Crippen MR) is 72.6 cm³/mol. The lowest BCUT2D eigenvalue weighted by Gasteiger charge is -2.15. The van der Waals surface area contributed by atoms with Gasteiger partial charge < -0.3 is 15.0 Å². The molecule has 0 spiro atoms. The van der Waals surface area contributed by atoms with Crippen molar-refractivity contribution >= 4 is 0 Å². The summed E-state index contributed by atoms with van der Waals surface area (Å²) in [5.74, 6) is 1.04. The average Bonchev–Trinajstić information content (AvgIpc) is 2.27. The highest BCUT2D eigenvalue weighted by Gasteiger charge is 2.05. The third-order valence-electron chi connectivity index (χ3n) is 2.66. The molecule has 0 aliphatic rings. The summed E-state index contributed by atoms with van der Waals surface area (Å²) in [5, 5.41) is 3.17. The van der Waals surface area contributed by atoms with Gasteiger partial charge in [-0.05, 0) is 40.1 Å². The van der Waals surface area contributed by atoms with Crippen molar-refractivity contribution in [2.45, 2.75) is 19.9 Å². The topological polar surface area (TPSA) is 24.5 Å². The first-order valence-corrected chi connectivity index (χ1v) is 6.15. The molecule has 0 heterocycles. The van der Waals surface area contributed by atoms with Crippen LogP contribution < -0.4 is 10.1 Å². The quantitative estimate of drug-likeness (QED) is 0.733. The lowest BCUT2D eigenvalue weighted by atomic mass is 10.1. The molecule has 0 radical (unpaired) electrons. The summed E-state index contributed by atoms with van der Waals surface area (Å²) in [6.45, 7) is 4.79. The van der Waals surface area contributed by atoms with Gasteiger partial charge in [0.15, 0.2) is 0 Å². The highest BCUT2D eigenvalue weighted by molar-refractivity contribution is 5.40. The van der Waals surface area contributed by atoms with Crippen molar-refractivity contribution < 1.29 is 4.74 Å². The molecule has 0 saturated carbocycles. The van der Waals surface area contributed by atoms with E-state index >= 15 is 0 Å². The van der Waals surface area contributed by atoms with E-state index in [0.29, 0.717) is 0 Å². The summed E-state index contributed by atoms with van der Waals surface area (Å²) in [4.78, 5) is 2.18. The van der Waals surface area contributed by atoms with Crippen molar-refractivity contribution in [3.63, 3.8) is 0 Å². The van der Waals surface area contributed by atoms with Gasteiger partial charge in [0.1, 0.15) is 5.75 Å². The number of nitrogens with one attached hydrogen (secondary N) is 1. The van der Waals surface area contributed by atoms with Gasteiger partial charge in [0, 0.05) is 18.7 Å². The fourth-order valence-corrected chi connectivity index (χ4v) is 1.80. The highest BCUT2D eigenvalue weighted by atomic mass is 16.5. The normalized spacial score (nSPS) is 10.9. The number of ether oxygens (including phenoxy) is 1. The van der Waals surface area contributed by atoms with E-state index in [4.69, 9.17) is 4.74 Å². The minimum absolute atomic E-state index is 0.778. The smallest absolute Gasteiger partial charge is 0.126 e. The van der Waals surface area contributed by atoms with Crippen LogP contribution in [0.1, 0.15) is 17.5 Å². The molecule has 0 aromatic heterocycles. The first-order chi connectivity index (χ1) is 8.15. The maximum Gasteiger partial charge on any atom is 0.126 e. The molecule has 1 aromatic carbocycles. The number of para-hydroxylation sites is 1. The van der Waals surface area contributed by atoms with Crippen LogP contribution >= 0.6 is 0 Å². The van der Waals surface area contributed by atoms with E-state index in [9.17, 15) is 0 Å². The van der Waals surface area contributed by atoms with Crippen LogP contribution in [0.2, 0.25) is 0 Å². The van der Waals surface area contributed by atoms with Crippen LogP contribution in [0.3, 0.4) is 0 Å². The molecular weight excluding hydrogens is 212 g/mol. The molecule has 0 aliphatic carbocycles. The van der Waals surface area contributed by atoms with E-state index in [2.05, 4.69) is 49.4 Å². The largest absolute Gasteiger partial charge is 0.493 e. The van der Waals surface area contributed by atoms with Gasteiger partial charge in [-0.15, -0.1) is 0 Å². The summed E-state index contributed by atoms with van der Waals surface area (Å²) in [5.41, 5.74) is 2.44. The Balaban J connectivity index is 2.56. The second kappa shape index (κ2) is 7.30. The Morgan fingerprint density at radius 3 is 2.71 bits per heavy atom. The Labute approximate surface area is 105 Å². The van der Waals surface area contributed by atoms with Gasteiger partial charge in [0.2, 0.25) is 0 Å². The Hall–Kier alpha value is -1.06. The van der Waals surface area contributed by atoms with Gasteiger partial charge in [-0.25, -0.2) is 0 Å². The maximum absolute atomic E-state index is 5.90. The van der Waals surface area contributed by atoms with Crippen LogP contribution in [-0.2, 0) is 6.54 Å². The van der Waals surface area contributed by atoms with Crippen LogP contribution in [0, 0.1) is 6.92 Å². The van der Waals surface area contributed by atoms with Crippen LogP contribution in [-0.4, -0.2) is 39.2 Å². The second-order valence-corrected chi connectivity index (χ2v) is 4.60. The van der Waals surface area contributed by atoms with Gasteiger partial charge in [0.05, 0.1) is 6.61 Å². The first kappa shape index (κ1) is 14.0. The number of aryl methyl sites for hydroxylation is 1. The van der Waals surface area contributed by atoms with Crippen molar-refractivity contribution in [1.82, 2.24) is 10.2 Å². The third kappa shape index (κ3) is 4.75. The molecule has 3 nitrogen and oxygen atoms in total. The number of hydrogen-bond donors (Lipinski definition) is 1. The zero-order chi connectivity index (χ0) is 12.7. The van der Waals surface area contributed by atoms with Gasteiger partial charge in [-0.2, -0.15) is 0 Å². The van der Waals surface area contributed by atoms with Crippen molar-refractivity contribution in [3.05, 3.63) is 29.3 Å². The van der Waals surface area contributed by atoms with Crippen molar-refractivity contribution in [1.29, 1.82) is 0 Å². The van der Waals surface area contributed by atoms with Crippen LogP contribution in [0.5, 0.6) is 5.75 Å². The molecule has 17 heavy (non-hydrogen) atoms.